The molecule has 0 radical (unpaired) electrons. The summed E-state index contributed by atoms with van der Waals surface area (Å²) < 4.78 is 27.2. The van der Waals surface area contributed by atoms with Gasteiger partial charge in [-0.15, -0.1) is 0 Å². The van der Waals surface area contributed by atoms with Crippen molar-refractivity contribution in [2.24, 2.45) is 4.99 Å². The Balaban J connectivity index is 1.96. The lowest BCUT2D eigenvalue weighted by atomic mass is 9.85. The second-order valence-corrected chi connectivity index (χ2v) is 10.3. The van der Waals surface area contributed by atoms with Crippen molar-refractivity contribution in [2.75, 3.05) is 14.2 Å². The fourth-order valence-electron chi connectivity index (χ4n) is 4.16. The molecule has 3 aromatic rings. The Kier molecular flexibility index (Phi) is 5.90. The van der Waals surface area contributed by atoms with E-state index in [1.54, 1.807) is 11.8 Å². The lowest BCUT2D eigenvalue weighted by Crippen LogP contribution is -2.50. The summed E-state index contributed by atoms with van der Waals surface area (Å²) in [5, 5.41) is 1.31. The summed E-state index contributed by atoms with van der Waals surface area (Å²) in [5.74, 6) is 0.196. The molecule has 0 saturated heterocycles. The van der Waals surface area contributed by atoms with Crippen molar-refractivity contribution >= 4 is 30.2 Å². The normalized spacial score (nSPS) is 20.2. The average molecular weight is 448 g/mol. The highest BCUT2D eigenvalue weighted by Crippen LogP contribution is 2.56. The van der Waals surface area contributed by atoms with Crippen molar-refractivity contribution in [3.8, 4) is 5.75 Å². The number of hydrogen-bond donors (Lipinski definition) is 0. The molecular weight excluding hydrogens is 423 g/mol. The molecule has 0 N–H and O–H groups in total. The van der Waals surface area contributed by atoms with Crippen LogP contribution in [-0.2, 0) is 19.6 Å². The number of carbonyl (C=O) groups is 1. The Morgan fingerprint density at radius 1 is 0.906 bits per heavy atom. The summed E-state index contributed by atoms with van der Waals surface area (Å²) in [5.41, 5.74) is -0.279. The highest BCUT2D eigenvalue weighted by molar-refractivity contribution is 7.77. The lowest BCUT2D eigenvalue weighted by molar-refractivity contribution is -0.144. The van der Waals surface area contributed by atoms with Crippen LogP contribution in [0.25, 0.3) is 0 Å². The minimum atomic E-state index is -3.42. The van der Waals surface area contributed by atoms with Gasteiger partial charge in [0.05, 0.1) is 20.6 Å². The van der Waals surface area contributed by atoms with Crippen LogP contribution in [0.15, 0.2) is 89.9 Å². The molecule has 0 saturated carbocycles. The van der Waals surface area contributed by atoms with Crippen molar-refractivity contribution in [3.63, 3.8) is 0 Å². The van der Waals surface area contributed by atoms with Crippen LogP contribution >= 0.6 is 7.29 Å². The van der Waals surface area contributed by atoms with Gasteiger partial charge in [0.15, 0.2) is 6.04 Å². The van der Waals surface area contributed by atoms with Crippen LogP contribution in [-0.4, -0.2) is 37.2 Å². The maximum absolute atomic E-state index is 15.0. The van der Waals surface area contributed by atoms with Crippen LogP contribution in [0.4, 0.5) is 0 Å². The molecule has 1 aliphatic heterocycles. The van der Waals surface area contributed by atoms with Gasteiger partial charge in [0.2, 0.25) is 7.29 Å². The lowest BCUT2D eigenvalue weighted by Gasteiger charge is -2.43. The van der Waals surface area contributed by atoms with Gasteiger partial charge in [0.25, 0.3) is 0 Å². The number of nitrogens with zero attached hydrogens (tertiary/aromatic N) is 2. The topological polar surface area (TPSA) is 68.2 Å². The molecular formula is C25H25N2O4P. The van der Waals surface area contributed by atoms with E-state index in [4.69, 9.17) is 9.47 Å². The zero-order valence-corrected chi connectivity index (χ0v) is 19.1. The zero-order valence-electron chi connectivity index (χ0n) is 18.2. The van der Waals surface area contributed by atoms with Crippen LogP contribution < -0.4 is 15.3 Å². The van der Waals surface area contributed by atoms with Gasteiger partial charge in [-0.05, 0) is 48.9 Å². The number of methoxy groups -OCH3 is 2. The maximum Gasteiger partial charge on any atom is 0.333 e. The molecule has 1 heterocycles. The van der Waals surface area contributed by atoms with Gasteiger partial charge >= 0.3 is 5.97 Å². The first-order valence-electron chi connectivity index (χ1n) is 10.2. The van der Waals surface area contributed by atoms with Crippen LogP contribution in [0, 0.1) is 0 Å². The Hall–Kier alpha value is -3.37. The zero-order chi connectivity index (χ0) is 22.8. The van der Waals surface area contributed by atoms with E-state index in [0.29, 0.717) is 16.4 Å². The highest BCUT2D eigenvalue weighted by atomic mass is 31.2. The number of hydrogen-bond acceptors (Lipinski definition) is 5. The first-order valence-corrected chi connectivity index (χ1v) is 11.9. The summed E-state index contributed by atoms with van der Waals surface area (Å²) in [4.78, 5) is 17.3. The Morgan fingerprint density at radius 2 is 1.44 bits per heavy atom. The standard InChI is InChI=1S/C25H25N2O4P/c1-25(19-14-16-20(30-2)17-15-19)23(24(28)31-3)26-18-27(25)32(29,21-10-6-4-7-11-21)22-12-8-5-9-13-22/h4-18,23H,1-3H3/t23-,25+/m0/s1. The number of aliphatic imine (C=N–C) groups is 1. The van der Waals surface area contributed by atoms with Gasteiger partial charge in [-0.2, -0.15) is 0 Å². The van der Waals surface area contributed by atoms with E-state index in [0.717, 1.165) is 5.56 Å². The summed E-state index contributed by atoms with van der Waals surface area (Å²) in [6, 6.07) is 25.1. The molecule has 164 valence electrons. The fraction of sp³-hybridized carbons (Fsp3) is 0.200. The smallest absolute Gasteiger partial charge is 0.333 e. The molecule has 1 aliphatic rings. The number of benzene rings is 3. The van der Waals surface area contributed by atoms with E-state index in [1.165, 1.54) is 13.4 Å². The van der Waals surface area contributed by atoms with Crippen molar-refractivity contribution in [3.05, 3.63) is 90.5 Å². The molecule has 7 heteroatoms. The number of rotatable bonds is 6. The number of carbonyl (C=O) groups excluding carboxylic acids is 1. The third-order valence-electron chi connectivity index (χ3n) is 5.95. The second-order valence-electron chi connectivity index (χ2n) is 7.66. The van der Waals surface area contributed by atoms with Crippen LogP contribution in [0.1, 0.15) is 12.5 Å². The largest absolute Gasteiger partial charge is 0.497 e. The molecule has 0 bridgehead atoms. The van der Waals surface area contributed by atoms with Gasteiger partial charge in [0, 0.05) is 10.6 Å². The molecule has 0 aromatic heterocycles. The predicted molar refractivity (Wildman–Crippen MR) is 126 cm³/mol. The molecule has 4 rings (SSSR count). The molecule has 2 atom stereocenters. The monoisotopic (exact) mass is 448 g/mol. The first-order chi connectivity index (χ1) is 15.5. The van der Waals surface area contributed by atoms with Crippen LogP contribution in [0.5, 0.6) is 5.75 Å². The molecule has 32 heavy (non-hydrogen) atoms. The maximum atomic E-state index is 15.0. The van der Waals surface area contributed by atoms with Crippen LogP contribution in [0.2, 0.25) is 0 Å². The van der Waals surface area contributed by atoms with E-state index in [-0.39, 0.29) is 0 Å². The van der Waals surface area contributed by atoms with Crippen molar-refractivity contribution < 1.29 is 18.8 Å². The van der Waals surface area contributed by atoms with E-state index in [2.05, 4.69) is 4.99 Å². The van der Waals surface area contributed by atoms with Gasteiger partial charge in [-0.1, -0.05) is 48.5 Å². The quantitative estimate of drug-likeness (QED) is 0.425. The third kappa shape index (κ3) is 3.41. The van der Waals surface area contributed by atoms with Gasteiger partial charge in [0.1, 0.15) is 11.3 Å². The first kappa shape index (κ1) is 21.8. The van der Waals surface area contributed by atoms with Gasteiger partial charge in [-0.25, -0.2) is 4.79 Å². The highest BCUT2D eigenvalue weighted by Gasteiger charge is 2.55. The number of ether oxygens (including phenoxy) is 2. The Labute approximate surface area is 187 Å². The van der Waals surface area contributed by atoms with Crippen molar-refractivity contribution in [1.29, 1.82) is 0 Å². The molecule has 0 spiro atoms. The Bertz CT molecular complexity index is 1120. The van der Waals surface area contributed by atoms with Gasteiger partial charge in [-0.3, -0.25) is 14.2 Å². The van der Waals surface area contributed by atoms with E-state index in [9.17, 15) is 4.79 Å². The summed E-state index contributed by atoms with van der Waals surface area (Å²) in [6.45, 7) is 1.88. The third-order valence-corrected chi connectivity index (χ3v) is 9.07. The summed E-state index contributed by atoms with van der Waals surface area (Å²) in [6.07, 6.45) is 1.53. The molecule has 0 unspecified atom stereocenters. The average Bonchev–Trinajstić information content (AvgIpc) is 3.22. The molecule has 0 aliphatic carbocycles. The second kappa shape index (κ2) is 8.64. The van der Waals surface area contributed by atoms with E-state index < -0.39 is 24.8 Å². The molecule has 6 nitrogen and oxygen atoms in total. The van der Waals surface area contributed by atoms with Crippen molar-refractivity contribution in [1.82, 2.24) is 4.67 Å². The van der Waals surface area contributed by atoms with E-state index in [1.807, 2.05) is 91.9 Å². The Morgan fingerprint density at radius 3 is 1.91 bits per heavy atom. The minimum Gasteiger partial charge on any atom is -0.497 e. The van der Waals surface area contributed by atoms with Crippen molar-refractivity contribution in [2.45, 2.75) is 18.5 Å². The fourth-order valence-corrected chi connectivity index (χ4v) is 7.13. The molecule has 0 amide bonds. The van der Waals surface area contributed by atoms with Gasteiger partial charge < -0.3 is 9.47 Å². The molecule has 0 fully saturated rings. The minimum absolute atomic E-state index is 0.491. The summed E-state index contributed by atoms with van der Waals surface area (Å²) >= 11 is 0. The molecule has 3 aromatic carbocycles. The summed E-state index contributed by atoms with van der Waals surface area (Å²) in [7, 11) is -0.489. The SMILES string of the molecule is COC(=O)[C@@H]1N=CN(P(=O)(c2ccccc2)c2ccccc2)[C@]1(C)c1ccc(OC)cc1. The number of esters is 1. The van der Waals surface area contributed by atoms with Crippen LogP contribution in [0.3, 0.4) is 0 Å². The van der Waals surface area contributed by atoms with E-state index >= 15 is 4.57 Å². The predicted octanol–water partition coefficient (Wildman–Crippen LogP) is 3.73.